The van der Waals surface area contributed by atoms with Crippen molar-refractivity contribution in [2.75, 3.05) is 37.9 Å². The van der Waals surface area contributed by atoms with Crippen LogP contribution in [0, 0.1) is 0 Å². The Labute approximate surface area is 183 Å². The molecular formula is C22H20ClN3O5. The Balaban J connectivity index is 1.44. The summed E-state index contributed by atoms with van der Waals surface area (Å²) in [5.74, 6) is -0.747. The van der Waals surface area contributed by atoms with Crippen molar-refractivity contribution in [3.05, 3.63) is 64.7 Å². The van der Waals surface area contributed by atoms with E-state index in [1.807, 2.05) is 6.07 Å². The Morgan fingerprint density at radius 3 is 2.58 bits per heavy atom. The normalized spacial score (nSPS) is 17.8. The molecule has 0 unspecified atom stereocenters. The average Bonchev–Trinajstić information content (AvgIpc) is 3.08. The molecule has 2 saturated heterocycles. The van der Waals surface area contributed by atoms with Gasteiger partial charge in [0.05, 0.1) is 23.9 Å². The van der Waals surface area contributed by atoms with Crippen LogP contribution in [-0.4, -0.2) is 55.5 Å². The minimum Gasteiger partial charge on any atom is -0.482 e. The van der Waals surface area contributed by atoms with Gasteiger partial charge in [-0.25, -0.2) is 5.01 Å². The number of halogens is 1. The lowest BCUT2D eigenvalue weighted by atomic mass is 10.1. The quantitative estimate of drug-likeness (QED) is 0.566. The van der Waals surface area contributed by atoms with Crippen LogP contribution in [0.5, 0.6) is 5.75 Å². The van der Waals surface area contributed by atoms with E-state index in [2.05, 4.69) is 5.43 Å². The maximum absolute atomic E-state index is 12.7. The van der Waals surface area contributed by atoms with Crippen molar-refractivity contribution in [3.8, 4) is 5.75 Å². The van der Waals surface area contributed by atoms with Crippen molar-refractivity contribution in [3.63, 3.8) is 0 Å². The van der Waals surface area contributed by atoms with Crippen LogP contribution in [-0.2, 0) is 19.1 Å². The highest BCUT2D eigenvalue weighted by Gasteiger charge is 2.34. The van der Waals surface area contributed by atoms with Crippen molar-refractivity contribution in [2.45, 2.75) is 0 Å². The highest BCUT2D eigenvalue weighted by Crippen LogP contribution is 2.28. The van der Waals surface area contributed by atoms with Gasteiger partial charge < -0.3 is 14.4 Å². The molecule has 8 nitrogen and oxygen atoms in total. The summed E-state index contributed by atoms with van der Waals surface area (Å²) in [6.07, 6.45) is 1.47. The number of nitrogens with one attached hydrogen (secondary N) is 1. The number of benzene rings is 2. The number of carbonyl (C=O) groups excluding carboxylic acids is 3. The summed E-state index contributed by atoms with van der Waals surface area (Å²) in [5.41, 5.74) is 3.67. The lowest BCUT2D eigenvalue weighted by Gasteiger charge is -2.26. The van der Waals surface area contributed by atoms with Crippen molar-refractivity contribution >= 4 is 41.1 Å². The number of hydrogen-bond donors (Lipinski definition) is 1. The third-order valence-electron chi connectivity index (χ3n) is 4.89. The van der Waals surface area contributed by atoms with Gasteiger partial charge in [-0.05, 0) is 35.9 Å². The number of morpholine rings is 1. The molecule has 2 fully saturated rings. The molecule has 2 aliphatic heterocycles. The van der Waals surface area contributed by atoms with Crippen LogP contribution in [0.4, 0.5) is 5.69 Å². The van der Waals surface area contributed by atoms with Gasteiger partial charge in [0.25, 0.3) is 17.7 Å². The highest BCUT2D eigenvalue weighted by molar-refractivity contribution is 6.33. The van der Waals surface area contributed by atoms with Gasteiger partial charge in [0, 0.05) is 13.1 Å². The molecule has 3 amide bonds. The fourth-order valence-corrected chi connectivity index (χ4v) is 3.49. The minimum absolute atomic E-state index is 0.00363. The van der Waals surface area contributed by atoms with E-state index in [9.17, 15) is 14.4 Å². The molecule has 0 bridgehead atoms. The zero-order valence-corrected chi connectivity index (χ0v) is 17.3. The summed E-state index contributed by atoms with van der Waals surface area (Å²) < 4.78 is 10.8. The van der Waals surface area contributed by atoms with Gasteiger partial charge in [-0.3, -0.25) is 19.8 Å². The molecule has 4 rings (SSSR count). The molecule has 2 aromatic rings. The molecule has 0 aliphatic carbocycles. The van der Waals surface area contributed by atoms with Crippen LogP contribution in [0.2, 0.25) is 5.02 Å². The molecule has 0 atom stereocenters. The van der Waals surface area contributed by atoms with E-state index in [0.717, 1.165) is 0 Å². The zero-order valence-electron chi connectivity index (χ0n) is 16.5. The zero-order chi connectivity index (χ0) is 21.8. The standard InChI is InChI=1S/C22H20ClN3O5/c23-18-13-15(6-7-19(18)31-14-20(27)25-8-10-30-11-9-25)12-17-21(28)24-26(22(17)29)16-4-2-1-3-5-16/h1-7,12-13H,8-11,14H2,(H,24,28)/b17-12-. The van der Waals surface area contributed by atoms with Crippen molar-refractivity contribution in [2.24, 2.45) is 0 Å². The Bertz CT molecular complexity index is 1030. The number of nitrogens with zero attached hydrogens (tertiary/aromatic N) is 2. The van der Waals surface area contributed by atoms with Crippen LogP contribution < -0.4 is 15.2 Å². The summed E-state index contributed by atoms with van der Waals surface area (Å²) in [6.45, 7) is 1.98. The van der Waals surface area contributed by atoms with Gasteiger partial charge in [0.2, 0.25) is 0 Å². The van der Waals surface area contributed by atoms with Gasteiger partial charge in [0.1, 0.15) is 11.3 Å². The highest BCUT2D eigenvalue weighted by atomic mass is 35.5. The molecular weight excluding hydrogens is 422 g/mol. The molecule has 0 saturated carbocycles. The Hall–Kier alpha value is -3.36. The first-order chi connectivity index (χ1) is 15.0. The number of carbonyl (C=O) groups is 3. The summed E-state index contributed by atoms with van der Waals surface area (Å²) in [5, 5.41) is 1.47. The van der Waals surface area contributed by atoms with Crippen LogP contribution >= 0.6 is 11.6 Å². The van der Waals surface area contributed by atoms with Gasteiger partial charge in [-0.15, -0.1) is 0 Å². The van der Waals surface area contributed by atoms with E-state index in [4.69, 9.17) is 21.1 Å². The number of hydrogen-bond acceptors (Lipinski definition) is 5. The number of rotatable bonds is 5. The van der Waals surface area contributed by atoms with Crippen molar-refractivity contribution < 1.29 is 23.9 Å². The molecule has 2 aliphatic rings. The smallest absolute Gasteiger partial charge is 0.282 e. The predicted octanol–water partition coefficient (Wildman–Crippen LogP) is 2.04. The molecule has 2 heterocycles. The first-order valence-electron chi connectivity index (χ1n) is 9.73. The van der Waals surface area contributed by atoms with Crippen LogP contribution in [0.25, 0.3) is 6.08 Å². The lowest BCUT2D eigenvalue weighted by Crippen LogP contribution is -2.42. The molecule has 0 radical (unpaired) electrons. The van der Waals surface area contributed by atoms with E-state index >= 15 is 0 Å². The lowest BCUT2D eigenvalue weighted by molar-refractivity contribution is -0.137. The number of anilines is 1. The average molecular weight is 442 g/mol. The SMILES string of the molecule is O=C1NN(c2ccccc2)C(=O)/C1=C\c1ccc(OCC(=O)N2CCOCC2)c(Cl)c1. The number of para-hydroxylation sites is 1. The van der Waals surface area contributed by atoms with Crippen molar-refractivity contribution in [1.82, 2.24) is 10.3 Å². The first-order valence-corrected chi connectivity index (χ1v) is 10.1. The molecule has 9 heteroatoms. The van der Waals surface area contributed by atoms with Crippen LogP contribution in [0.3, 0.4) is 0 Å². The third-order valence-corrected chi connectivity index (χ3v) is 5.18. The number of hydrazine groups is 1. The second-order valence-corrected chi connectivity index (χ2v) is 7.35. The van der Waals surface area contributed by atoms with Crippen molar-refractivity contribution in [1.29, 1.82) is 0 Å². The van der Waals surface area contributed by atoms with E-state index in [1.165, 1.54) is 11.1 Å². The Morgan fingerprint density at radius 1 is 1.13 bits per heavy atom. The molecule has 0 spiro atoms. The summed E-state index contributed by atoms with van der Waals surface area (Å²) in [6, 6.07) is 13.7. The van der Waals surface area contributed by atoms with Gasteiger partial charge >= 0.3 is 0 Å². The van der Waals surface area contributed by atoms with Gasteiger partial charge in [-0.1, -0.05) is 35.9 Å². The van der Waals surface area contributed by atoms with E-state index in [1.54, 1.807) is 47.4 Å². The van der Waals surface area contributed by atoms with E-state index in [-0.39, 0.29) is 23.1 Å². The first kappa shape index (κ1) is 20.9. The molecule has 2 aromatic carbocycles. The number of amides is 3. The fraction of sp³-hybridized carbons (Fsp3) is 0.227. The summed E-state index contributed by atoms with van der Waals surface area (Å²) in [4.78, 5) is 38.9. The number of ether oxygens (including phenoxy) is 2. The third kappa shape index (κ3) is 4.70. The fourth-order valence-electron chi connectivity index (χ4n) is 3.25. The molecule has 160 valence electrons. The molecule has 0 aromatic heterocycles. The largest absolute Gasteiger partial charge is 0.482 e. The monoisotopic (exact) mass is 441 g/mol. The molecule has 31 heavy (non-hydrogen) atoms. The minimum atomic E-state index is -0.499. The Kier molecular flexibility index (Phi) is 6.20. The maximum atomic E-state index is 12.7. The van der Waals surface area contributed by atoms with Crippen LogP contribution in [0.1, 0.15) is 5.56 Å². The van der Waals surface area contributed by atoms with Gasteiger partial charge in [-0.2, -0.15) is 0 Å². The second kappa shape index (κ2) is 9.20. The molecule has 1 N–H and O–H groups in total. The second-order valence-electron chi connectivity index (χ2n) is 6.95. The summed E-state index contributed by atoms with van der Waals surface area (Å²) in [7, 11) is 0. The topological polar surface area (TPSA) is 88.2 Å². The van der Waals surface area contributed by atoms with Gasteiger partial charge in [0.15, 0.2) is 6.61 Å². The Morgan fingerprint density at radius 2 is 1.87 bits per heavy atom. The maximum Gasteiger partial charge on any atom is 0.282 e. The predicted molar refractivity (Wildman–Crippen MR) is 114 cm³/mol. The van der Waals surface area contributed by atoms with E-state index in [0.29, 0.717) is 43.3 Å². The van der Waals surface area contributed by atoms with E-state index < -0.39 is 11.8 Å². The van der Waals surface area contributed by atoms with Crippen LogP contribution in [0.15, 0.2) is 54.1 Å². The summed E-state index contributed by atoms with van der Waals surface area (Å²) >= 11 is 6.29.